The Labute approximate surface area is 298 Å². The van der Waals surface area contributed by atoms with Crippen molar-refractivity contribution in [3.05, 3.63) is 0 Å². The van der Waals surface area contributed by atoms with Gasteiger partial charge in [-0.05, 0) is 6.42 Å². The normalized spacial score (nSPS) is 17.3. The zero-order valence-electron chi connectivity index (χ0n) is 27.2. The molecule has 1 fully saturated rings. The van der Waals surface area contributed by atoms with E-state index in [4.69, 9.17) is 0 Å². The number of carbonyl (C=O) groups excluding carboxylic acids is 3. The predicted molar refractivity (Wildman–Crippen MR) is 162 cm³/mol. The molecule has 1 N–H and O–H groups in total. The number of carbonyl (C=O) groups is 3. The Morgan fingerprint density at radius 1 is 0.523 bits per heavy atom. The molecule has 1 aliphatic rings. The maximum Gasteiger partial charge on any atom is 3.00 e. The maximum atomic E-state index is 11.3. The summed E-state index contributed by atoms with van der Waals surface area (Å²) < 4.78 is 0. The van der Waals surface area contributed by atoms with Gasteiger partial charge in [-0.1, -0.05) is 96.8 Å². The van der Waals surface area contributed by atoms with Gasteiger partial charge in [0.25, 0.3) is 0 Å². The molecule has 1 aliphatic heterocycles. The first-order chi connectivity index (χ1) is 20.7. The monoisotopic (exact) mass is 769 g/mol. The largest absolute Gasteiger partial charge is 3.00 e. The van der Waals surface area contributed by atoms with Crippen LogP contribution in [0.3, 0.4) is 0 Å². The second-order valence-corrected chi connectivity index (χ2v) is 12.3. The molecule has 44 heavy (non-hydrogen) atoms. The summed E-state index contributed by atoms with van der Waals surface area (Å²) in [4.78, 5) is 41.0. The second-order valence-electron chi connectivity index (χ2n) is 12.3. The molecule has 1 heterocycles. The SMILES string of the molecule is CCCCCCCCCCCCCCCCC(O)CN1CCN(CC(=O)[O-])CCN(CC(=O)[O-])CCN(CC(=O)[O-])CC1.[Gd+3]. The van der Waals surface area contributed by atoms with Crippen LogP contribution >= 0.6 is 0 Å². The van der Waals surface area contributed by atoms with Gasteiger partial charge in [-0.2, -0.15) is 0 Å². The molecule has 11 nitrogen and oxygen atoms in total. The first-order valence-corrected chi connectivity index (χ1v) is 16.9. The minimum atomic E-state index is -1.25. The molecule has 1 rings (SSSR count). The molecule has 0 aliphatic carbocycles. The number of carboxylic acid groups (broad SMARTS) is 3. The molecule has 257 valence electrons. The van der Waals surface area contributed by atoms with Crippen molar-refractivity contribution in [3.8, 4) is 0 Å². The van der Waals surface area contributed by atoms with E-state index in [9.17, 15) is 34.8 Å². The summed E-state index contributed by atoms with van der Waals surface area (Å²) in [5.74, 6) is -3.66. The van der Waals surface area contributed by atoms with Crippen LogP contribution < -0.4 is 15.3 Å². The quantitative estimate of drug-likeness (QED) is 0.136. The molecule has 0 spiro atoms. The molecular formula is C32H59GdN4O7. The van der Waals surface area contributed by atoms with Crippen LogP contribution in [0.15, 0.2) is 0 Å². The van der Waals surface area contributed by atoms with Crippen LogP contribution in [-0.2, 0) is 14.4 Å². The molecular weight excluding hydrogens is 710 g/mol. The molecule has 1 atom stereocenters. The third kappa shape index (κ3) is 25.7. The van der Waals surface area contributed by atoms with Crippen molar-refractivity contribution >= 4 is 17.9 Å². The number of aliphatic hydroxyl groups excluding tert-OH is 1. The van der Waals surface area contributed by atoms with Crippen LogP contribution in [-0.4, -0.2) is 127 Å². The predicted octanol–water partition coefficient (Wildman–Crippen LogP) is -0.310. The van der Waals surface area contributed by atoms with Crippen LogP contribution in [0.2, 0.25) is 0 Å². The number of rotatable bonds is 23. The summed E-state index contributed by atoms with van der Waals surface area (Å²) in [6.07, 6.45) is 18.1. The minimum Gasteiger partial charge on any atom is -0.549 e. The number of aliphatic carboxylic acids is 3. The van der Waals surface area contributed by atoms with Crippen LogP contribution in [0.25, 0.3) is 0 Å². The number of carboxylic acids is 3. The van der Waals surface area contributed by atoms with Crippen molar-refractivity contribution in [1.29, 1.82) is 0 Å². The Morgan fingerprint density at radius 2 is 0.795 bits per heavy atom. The van der Waals surface area contributed by atoms with Crippen LogP contribution in [0, 0.1) is 39.9 Å². The molecule has 0 bridgehead atoms. The van der Waals surface area contributed by atoms with Crippen molar-refractivity contribution < 1.29 is 74.8 Å². The first kappa shape index (κ1) is 43.5. The van der Waals surface area contributed by atoms with Gasteiger partial charge in [0, 0.05) is 78.5 Å². The number of nitrogens with zero attached hydrogens (tertiary/aromatic N) is 4. The fourth-order valence-corrected chi connectivity index (χ4v) is 5.75. The van der Waals surface area contributed by atoms with Crippen molar-refractivity contribution in [1.82, 2.24) is 19.6 Å². The molecule has 0 aromatic rings. The summed E-state index contributed by atoms with van der Waals surface area (Å²) in [6.45, 7) is 4.81. The summed E-state index contributed by atoms with van der Waals surface area (Å²) in [5, 5.41) is 44.6. The van der Waals surface area contributed by atoms with Crippen LogP contribution in [0.5, 0.6) is 0 Å². The second kappa shape index (κ2) is 28.7. The Morgan fingerprint density at radius 3 is 1.09 bits per heavy atom. The van der Waals surface area contributed by atoms with Crippen molar-refractivity contribution in [3.63, 3.8) is 0 Å². The van der Waals surface area contributed by atoms with Gasteiger partial charge in [0.15, 0.2) is 0 Å². The Hall–Kier alpha value is -0.465. The van der Waals surface area contributed by atoms with Crippen molar-refractivity contribution in [2.45, 2.75) is 109 Å². The van der Waals surface area contributed by atoms with Gasteiger partial charge in [0.2, 0.25) is 0 Å². The van der Waals surface area contributed by atoms with E-state index in [-0.39, 0.29) is 59.6 Å². The molecule has 12 heteroatoms. The molecule has 1 saturated heterocycles. The number of unbranched alkanes of at least 4 members (excludes halogenated alkanes) is 13. The number of hydrogen-bond acceptors (Lipinski definition) is 11. The minimum absolute atomic E-state index is 0. The van der Waals surface area contributed by atoms with E-state index < -0.39 is 24.0 Å². The fourth-order valence-electron chi connectivity index (χ4n) is 5.75. The Kier molecular flexibility index (Phi) is 28.4. The third-order valence-corrected chi connectivity index (χ3v) is 8.35. The van der Waals surface area contributed by atoms with Gasteiger partial charge in [0.1, 0.15) is 0 Å². The number of β-amino-alcohol motifs (C(OH)–C–C–N with tert-alkyl or cyclic N) is 1. The summed E-state index contributed by atoms with van der Waals surface area (Å²) in [6, 6.07) is 0. The van der Waals surface area contributed by atoms with E-state index >= 15 is 0 Å². The van der Waals surface area contributed by atoms with E-state index in [1.54, 1.807) is 14.7 Å². The van der Waals surface area contributed by atoms with E-state index in [2.05, 4.69) is 11.8 Å². The molecule has 0 aromatic carbocycles. The van der Waals surface area contributed by atoms with Crippen molar-refractivity contribution in [2.75, 3.05) is 78.5 Å². The Balaban J connectivity index is 0.0000185. The van der Waals surface area contributed by atoms with Gasteiger partial charge >= 0.3 is 39.9 Å². The van der Waals surface area contributed by atoms with Gasteiger partial charge in [-0.15, -0.1) is 0 Å². The van der Waals surface area contributed by atoms with E-state index in [0.717, 1.165) is 12.8 Å². The smallest absolute Gasteiger partial charge is 0.549 e. The van der Waals surface area contributed by atoms with E-state index in [1.165, 1.54) is 77.0 Å². The van der Waals surface area contributed by atoms with Gasteiger partial charge < -0.3 is 34.8 Å². The van der Waals surface area contributed by atoms with Crippen molar-refractivity contribution in [2.24, 2.45) is 0 Å². The average molecular weight is 769 g/mol. The molecule has 0 saturated carbocycles. The summed E-state index contributed by atoms with van der Waals surface area (Å²) in [7, 11) is 0. The van der Waals surface area contributed by atoms with E-state index in [1.807, 2.05) is 0 Å². The molecule has 0 aromatic heterocycles. The summed E-state index contributed by atoms with van der Waals surface area (Å²) in [5.41, 5.74) is 0. The van der Waals surface area contributed by atoms with E-state index in [0.29, 0.717) is 65.3 Å². The first-order valence-electron chi connectivity index (χ1n) is 16.9. The van der Waals surface area contributed by atoms with Gasteiger partial charge in [-0.3, -0.25) is 19.6 Å². The molecule has 1 unspecified atom stereocenters. The summed E-state index contributed by atoms with van der Waals surface area (Å²) >= 11 is 0. The topological polar surface area (TPSA) is 154 Å². The number of aliphatic hydroxyl groups is 1. The van der Waals surface area contributed by atoms with Crippen LogP contribution in [0.1, 0.15) is 103 Å². The fraction of sp³-hybridized carbons (Fsp3) is 0.906. The van der Waals surface area contributed by atoms with Gasteiger partial charge in [0.05, 0.1) is 24.0 Å². The zero-order valence-corrected chi connectivity index (χ0v) is 29.5. The maximum absolute atomic E-state index is 11.3. The third-order valence-electron chi connectivity index (χ3n) is 8.35. The molecule has 1 radical (unpaired) electrons. The zero-order chi connectivity index (χ0) is 31.7. The Bertz CT molecular complexity index is 717. The van der Waals surface area contributed by atoms with Gasteiger partial charge in [-0.25, -0.2) is 0 Å². The average Bonchev–Trinajstić information content (AvgIpc) is 2.93. The molecule has 0 amide bonds. The standard InChI is InChI=1S/C32H62N4O7.Gd/c1-2-3-4-5-6-7-8-9-10-11-12-13-14-15-16-29(37)25-33-17-19-34(26-30(38)39)21-23-36(28-32(42)43)24-22-35(20-18-33)27-31(40)41;/h29,37H,2-28H2,1H3,(H,38,39)(H,40,41)(H,42,43);/q;+3/p-3. The van der Waals surface area contributed by atoms with Crippen LogP contribution in [0.4, 0.5) is 0 Å². The number of hydrogen-bond donors (Lipinski definition) is 1.